The molecule has 0 radical (unpaired) electrons. The van der Waals surface area contributed by atoms with Gasteiger partial charge in [-0.15, -0.1) is 0 Å². The average molecular weight is 323 g/mol. The van der Waals surface area contributed by atoms with E-state index in [1.165, 1.54) is 6.07 Å². The Morgan fingerprint density at radius 2 is 1.84 bits per heavy atom. The third-order valence-electron chi connectivity index (χ3n) is 3.22. The van der Waals surface area contributed by atoms with Gasteiger partial charge in [0.25, 0.3) is 0 Å². The largest absolute Gasteiger partial charge is 0.271 e. The number of nitrogens with two attached hydrogens (primary N) is 1. The fraction of sp³-hybridized carbons (Fsp3) is 0.200. The van der Waals surface area contributed by atoms with Gasteiger partial charge in [0, 0.05) is 4.47 Å². The van der Waals surface area contributed by atoms with Crippen LogP contribution in [0.4, 0.5) is 4.39 Å². The summed E-state index contributed by atoms with van der Waals surface area (Å²) in [6.07, 6.45) is 0. The molecule has 0 aromatic heterocycles. The number of hydrogen-bond donors (Lipinski definition) is 2. The maximum atomic E-state index is 13.3. The number of hydrogen-bond acceptors (Lipinski definition) is 2. The monoisotopic (exact) mass is 322 g/mol. The molecule has 0 saturated heterocycles. The molecule has 0 fully saturated rings. The van der Waals surface area contributed by atoms with Gasteiger partial charge in [0.15, 0.2) is 0 Å². The maximum absolute atomic E-state index is 13.3. The summed E-state index contributed by atoms with van der Waals surface area (Å²) >= 11 is 3.44. The molecule has 0 aliphatic rings. The third kappa shape index (κ3) is 3.03. The van der Waals surface area contributed by atoms with Gasteiger partial charge >= 0.3 is 0 Å². The van der Waals surface area contributed by atoms with E-state index in [0.29, 0.717) is 5.56 Å². The Bertz CT molecular complexity index is 599. The van der Waals surface area contributed by atoms with E-state index < -0.39 is 0 Å². The van der Waals surface area contributed by atoms with Crippen LogP contribution in [0.25, 0.3) is 0 Å². The molecule has 3 N–H and O–H groups in total. The molecule has 0 aliphatic heterocycles. The van der Waals surface area contributed by atoms with Crippen molar-refractivity contribution in [3.63, 3.8) is 0 Å². The zero-order valence-corrected chi connectivity index (χ0v) is 12.5. The van der Waals surface area contributed by atoms with Crippen molar-refractivity contribution in [2.45, 2.75) is 19.9 Å². The first-order valence-electron chi connectivity index (χ1n) is 6.01. The zero-order valence-electron chi connectivity index (χ0n) is 10.9. The summed E-state index contributed by atoms with van der Waals surface area (Å²) in [6, 6.07) is 10.9. The minimum atomic E-state index is -0.202. The third-order valence-corrected chi connectivity index (χ3v) is 3.72. The molecule has 2 nitrogen and oxygen atoms in total. The second kappa shape index (κ2) is 5.82. The number of nitrogens with one attached hydrogen (secondary N) is 1. The predicted octanol–water partition coefficient (Wildman–Crippen LogP) is 3.76. The predicted molar refractivity (Wildman–Crippen MR) is 79.2 cm³/mol. The number of hydrazine groups is 1. The number of benzene rings is 2. The first kappa shape index (κ1) is 14.2. The fourth-order valence-corrected chi connectivity index (χ4v) is 2.65. The molecular formula is C15H16BrFN2. The van der Waals surface area contributed by atoms with Gasteiger partial charge in [0.05, 0.1) is 6.04 Å². The molecule has 2 aromatic rings. The first-order valence-corrected chi connectivity index (χ1v) is 6.80. The lowest BCUT2D eigenvalue weighted by Gasteiger charge is -2.20. The van der Waals surface area contributed by atoms with E-state index in [0.717, 1.165) is 21.2 Å². The van der Waals surface area contributed by atoms with Crippen LogP contribution in [0.1, 0.15) is 28.3 Å². The minimum Gasteiger partial charge on any atom is -0.271 e. The Hall–Kier alpha value is -1.23. The topological polar surface area (TPSA) is 38.0 Å². The van der Waals surface area contributed by atoms with Crippen molar-refractivity contribution in [3.05, 3.63) is 68.9 Å². The zero-order chi connectivity index (χ0) is 14.0. The van der Waals surface area contributed by atoms with E-state index in [4.69, 9.17) is 5.84 Å². The lowest BCUT2D eigenvalue weighted by atomic mass is 9.94. The lowest BCUT2D eigenvalue weighted by Crippen LogP contribution is -2.29. The molecule has 2 rings (SSSR count). The van der Waals surface area contributed by atoms with Gasteiger partial charge in [-0.2, -0.15) is 0 Å². The van der Waals surface area contributed by atoms with Crippen molar-refractivity contribution >= 4 is 15.9 Å². The fourth-order valence-electron chi connectivity index (χ4n) is 2.18. The molecule has 0 amide bonds. The number of aryl methyl sites for hydroxylation is 2. The van der Waals surface area contributed by atoms with E-state index in [1.807, 2.05) is 31.2 Å². The second-order valence-corrected chi connectivity index (χ2v) is 5.52. The molecule has 1 unspecified atom stereocenters. The maximum Gasteiger partial charge on any atom is 0.126 e. The van der Waals surface area contributed by atoms with E-state index in [1.54, 1.807) is 13.0 Å². The quantitative estimate of drug-likeness (QED) is 0.667. The highest BCUT2D eigenvalue weighted by Crippen LogP contribution is 2.27. The van der Waals surface area contributed by atoms with Crippen molar-refractivity contribution < 1.29 is 4.39 Å². The van der Waals surface area contributed by atoms with Gasteiger partial charge in [-0.05, 0) is 54.3 Å². The van der Waals surface area contributed by atoms with Crippen molar-refractivity contribution in [2.75, 3.05) is 0 Å². The SMILES string of the molecule is Cc1cc(C(NN)c2ccc(Br)cc2C)ccc1F. The average Bonchev–Trinajstić information content (AvgIpc) is 2.37. The van der Waals surface area contributed by atoms with Crippen LogP contribution in [0.3, 0.4) is 0 Å². The van der Waals surface area contributed by atoms with E-state index in [9.17, 15) is 4.39 Å². The van der Waals surface area contributed by atoms with Crippen molar-refractivity contribution in [1.82, 2.24) is 5.43 Å². The minimum absolute atomic E-state index is 0.146. The Labute approximate surface area is 120 Å². The first-order chi connectivity index (χ1) is 9.02. The lowest BCUT2D eigenvalue weighted by molar-refractivity contribution is 0.607. The molecular weight excluding hydrogens is 307 g/mol. The Balaban J connectivity index is 2.46. The molecule has 0 bridgehead atoms. The highest BCUT2D eigenvalue weighted by Gasteiger charge is 2.15. The van der Waals surface area contributed by atoms with Crippen LogP contribution < -0.4 is 11.3 Å². The molecule has 0 aliphatic carbocycles. The number of halogens is 2. The van der Waals surface area contributed by atoms with E-state index >= 15 is 0 Å². The highest BCUT2D eigenvalue weighted by molar-refractivity contribution is 9.10. The Morgan fingerprint density at radius 1 is 1.11 bits per heavy atom. The summed E-state index contributed by atoms with van der Waals surface area (Å²) in [5, 5.41) is 0. The molecule has 100 valence electrons. The summed E-state index contributed by atoms with van der Waals surface area (Å²) < 4.78 is 14.4. The highest BCUT2D eigenvalue weighted by atomic mass is 79.9. The van der Waals surface area contributed by atoms with Gasteiger partial charge in [0.2, 0.25) is 0 Å². The molecule has 2 aromatic carbocycles. The molecule has 0 heterocycles. The summed E-state index contributed by atoms with van der Waals surface area (Å²) in [6.45, 7) is 3.78. The van der Waals surface area contributed by atoms with Crippen molar-refractivity contribution in [3.8, 4) is 0 Å². The standard InChI is InChI=1S/C15H16BrFN2/c1-9-8-12(16)4-5-13(9)15(19-18)11-3-6-14(17)10(2)7-11/h3-8,15,19H,18H2,1-2H3. The van der Waals surface area contributed by atoms with Gasteiger partial charge in [-0.1, -0.05) is 34.1 Å². The van der Waals surface area contributed by atoms with E-state index in [-0.39, 0.29) is 11.9 Å². The molecule has 19 heavy (non-hydrogen) atoms. The summed E-state index contributed by atoms with van der Waals surface area (Å²) in [5.41, 5.74) is 6.58. The van der Waals surface area contributed by atoms with Crippen LogP contribution in [0, 0.1) is 19.7 Å². The van der Waals surface area contributed by atoms with Crippen LogP contribution in [0.2, 0.25) is 0 Å². The molecule has 1 atom stereocenters. The van der Waals surface area contributed by atoms with Crippen molar-refractivity contribution in [2.24, 2.45) is 5.84 Å². The van der Waals surface area contributed by atoms with E-state index in [2.05, 4.69) is 21.4 Å². The van der Waals surface area contributed by atoms with Crippen LogP contribution in [0.15, 0.2) is 40.9 Å². The van der Waals surface area contributed by atoms with Crippen LogP contribution in [-0.2, 0) is 0 Å². The normalized spacial score (nSPS) is 12.5. The van der Waals surface area contributed by atoms with Gasteiger partial charge in [0.1, 0.15) is 5.82 Å². The van der Waals surface area contributed by atoms with Crippen LogP contribution in [0.5, 0.6) is 0 Å². The van der Waals surface area contributed by atoms with Gasteiger partial charge < -0.3 is 0 Å². The molecule has 0 spiro atoms. The summed E-state index contributed by atoms with van der Waals surface area (Å²) in [7, 11) is 0. The number of rotatable bonds is 3. The van der Waals surface area contributed by atoms with Gasteiger partial charge in [-0.25, -0.2) is 9.82 Å². The molecule has 4 heteroatoms. The Kier molecular flexibility index (Phi) is 4.34. The summed E-state index contributed by atoms with van der Waals surface area (Å²) in [4.78, 5) is 0. The second-order valence-electron chi connectivity index (χ2n) is 4.61. The van der Waals surface area contributed by atoms with Crippen LogP contribution in [-0.4, -0.2) is 0 Å². The van der Waals surface area contributed by atoms with Crippen molar-refractivity contribution in [1.29, 1.82) is 0 Å². The van der Waals surface area contributed by atoms with Gasteiger partial charge in [-0.3, -0.25) is 5.84 Å². The smallest absolute Gasteiger partial charge is 0.126 e. The molecule has 0 saturated carbocycles. The summed E-state index contributed by atoms with van der Waals surface area (Å²) in [5.74, 6) is 5.47. The van der Waals surface area contributed by atoms with Crippen LogP contribution >= 0.6 is 15.9 Å². The Morgan fingerprint density at radius 3 is 2.42 bits per heavy atom.